The Balaban J connectivity index is 1.40. The fourth-order valence-corrected chi connectivity index (χ4v) is 3.37. The number of pyridine rings is 1. The normalized spacial score (nSPS) is 17.8. The van der Waals surface area contributed by atoms with Crippen LogP contribution in [0.1, 0.15) is 23.3 Å². The summed E-state index contributed by atoms with van der Waals surface area (Å²) in [6, 6.07) is 7.39. The Morgan fingerprint density at radius 3 is 2.36 bits per heavy atom. The number of hydrogen-bond donors (Lipinski definition) is 0. The molecule has 2 aromatic heterocycles. The van der Waals surface area contributed by atoms with E-state index < -0.39 is 0 Å². The second-order valence-corrected chi connectivity index (χ2v) is 6.40. The van der Waals surface area contributed by atoms with Gasteiger partial charge in [-0.15, -0.1) is 0 Å². The highest BCUT2D eigenvalue weighted by Gasteiger charge is 2.24. The molecule has 2 aliphatic rings. The van der Waals surface area contributed by atoms with E-state index >= 15 is 0 Å². The molecule has 0 spiro atoms. The van der Waals surface area contributed by atoms with Crippen molar-refractivity contribution in [3.05, 3.63) is 42.4 Å². The van der Waals surface area contributed by atoms with E-state index in [1.165, 1.54) is 12.8 Å². The third-order valence-corrected chi connectivity index (χ3v) is 4.79. The van der Waals surface area contributed by atoms with E-state index in [4.69, 9.17) is 4.98 Å². The highest BCUT2D eigenvalue weighted by atomic mass is 16.2. The van der Waals surface area contributed by atoms with Crippen molar-refractivity contribution in [1.29, 1.82) is 0 Å². The minimum Gasteiger partial charge on any atom is -0.353 e. The van der Waals surface area contributed by atoms with Crippen molar-refractivity contribution < 1.29 is 4.79 Å². The van der Waals surface area contributed by atoms with Crippen molar-refractivity contribution in [3.8, 4) is 0 Å². The second-order valence-electron chi connectivity index (χ2n) is 6.40. The second kappa shape index (κ2) is 7.04. The van der Waals surface area contributed by atoms with Gasteiger partial charge in [0.15, 0.2) is 0 Å². The lowest BCUT2D eigenvalue weighted by Crippen LogP contribution is -2.49. The van der Waals surface area contributed by atoms with Gasteiger partial charge in [0.1, 0.15) is 11.5 Å². The summed E-state index contributed by atoms with van der Waals surface area (Å²) in [4.78, 5) is 32.1. The third kappa shape index (κ3) is 3.40. The standard InChI is InChI=1S/C18H22N6O/c25-17(15-5-1-2-7-19-15)23-13-11-22(12-14-23)16-6-8-20-18(21-16)24-9-3-4-10-24/h1-2,5-8H,3-4,9-14H2. The number of nitrogens with zero attached hydrogens (tertiary/aromatic N) is 6. The predicted octanol–water partition coefficient (Wildman–Crippen LogP) is 1.43. The quantitative estimate of drug-likeness (QED) is 0.844. The molecule has 0 saturated carbocycles. The Labute approximate surface area is 147 Å². The molecule has 4 rings (SSSR count). The summed E-state index contributed by atoms with van der Waals surface area (Å²) >= 11 is 0. The molecule has 0 atom stereocenters. The van der Waals surface area contributed by atoms with Crippen LogP contribution in [-0.4, -0.2) is 65.0 Å². The summed E-state index contributed by atoms with van der Waals surface area (Å²) in [5, 5.41) is 0. The van der Waals surface area contributed by atoms with Gasteiger partial charge in [0, 0.05) is 51.7 Å². The van der Waals surface area contributed by atoms with Crippen LogP contribution in [0.4, 0.5) is 11.8 Å². The Morgan fingerprint density at radius 1 is 0.840 bits per heavy atom. The Kier molecular flexibility index (Phi) is 4.45. The maximum absolute atomic E-state index is 12.5. The van der Waals surface area contributed by atoms with Gasteiger partial charge < -0.3 is 14.7 Å². The van der Waals surface area contributed by atoms with Gasteiger partial charge in [-0.05, 0) is 31.0 Å². The van der Waals surface area contributed by atoms with Gasteiger partial charge in [0.25, 0.3) is 5.91 Å². The number of hydrogen-bond acceptors (Lipinski definition) is 6. The van der Waals surface area contributed by atoms with Crippen LogP contribution < -0.4 is 9.80 Å². The van der Waals surface area contributed by atoms with Crippen LogP contribution in [0.3, 0.4) is 0 Å². The summed E-state index contributed by atoms with van der Waals surface area (Å²) in [7, 11) is 0. The van der Waals surface area contributed by atoms with Crippen LogP contribution in [0.5, 0.6) is 0 Å². The van der Waals surface area contributed by atoms with Crippen molar-refractivity contribution in [1.82, 2.24) is 19.9 Å². The molecular weight excluding hydrogens is 316 g/mol. The Bertz CT molecular complexity index is 723. The van der Waals surface area contributed by atoms with Crippen LogP contribution in [-0.2, 0) is 0 Å². The van der Waals surface area contributed by atoms with Crippen molar-refractivity contribution in [2.75, 3.05) is 49.1 Å². The van der Waals surface area contributed by atoms with Crippen molar-refractivity contribution in [3.63, 3.8) is 0 Å². The minimum atomic E-state index is 0.000642. The van der Waals surface area contributed by atoms with E-state index in [0.717, 1.165) is 37.9 Å². The minimum absolute atomic E-state index is 0.000642. The maximum Gasteiger partial charge on any atom is 0.272 e. The first-order valence-electron chi connectivity index (χ1n) is 8.84. The molecule has 4 heterocycles. The van der Waals surface area contributed by atoms with Crippen molar-refractivity contribution in [2.24, 2.45) is 0 Å². The van der Waals surface area contributed by atoms with Crippen molar-refractivity contribution in [2.45, 2.75) is 12.8 Å². The monoisotopic (exact) mass is 338 g/mol. The lowest BCUT2D eigenvalue weighted by atomic mass is 10.2. The molecule has 1 amide bonds. The summed E-state index contributed by atoms with van der Waals surface area (Å²) in [6.07, 6.45) is 5.91. The smallest absolute Gasteiger partial charge is 0.272 e. The maximum atomic E-state index is 12.5. The largest absolute Gasteiger partial charge is 0.353 e. The average molecular weight is 338 g/mol. The molecule has 130 valence electrons. The van der Waals surface area contributed by atoms with E-state index in [1.807, 2.05) is 29.3 Å². The van der Waals surface area contributed by atoms with Gasteiger partial charge in [-0.1, -0.05) is 6.07 Å². The summed E-state index contributed by atoms with van der Waals surface area (Å²) < 4.78 is 0. The molecule has 0 aromatic carbocycles. The molecule has 0 unspecified atom stereocenters. The van der Waals surface area contributed by atoms with E-state index in [2.05, 4.69) is 19.8 Å². The van der Waals surface area contributed by atoms with Crippen molar-refractivity contribution >= 4 is 17.7 Å². The van der Waals surface area contributed by atoms with E-state index in [0.29, 0.717) is 18.8 Å². The average Bonchev–Trinajstić information content (AvgIpc) is 3.23. The fraction of sp³-hybridized carbons (Fsp3) is 0.444. The van der Waals surface area contributed by atoms with E-state index in [9.17, 15) is 4.79 Å². The molecule has 2 aromatic rings. The van der Waals surface area contributed by atoms with Crippen LogP contribution in [0.15, 0.2) is 36.7 Å². The van der Waals surface area contributed by atoms with Gasteiger partial charge in [-0.3, -0.25) is 9.78 Å². The number of carbonyl (C=O) groups is 1. The Hall–Kier alpha value is -2.70. The zero-order valence-electron chi connectivity index (χ0n) is 14.2. The van der Waals surface area contributed by atoms with Gasteiger partial charge in [-0.25, -0.2) is 4.98 Å². The first-order chi connectivity index (χ1) is 12.3. The summed E-state index contributed by atoms with van der Waals surface area (Å²) in [5.74, 6) is 1.77. The molecule has 7 nitrogen and oxygen atoms in total. The van der Waals surface area contributed by atoms with E-state index in [1.54, 1.807) is 12.3 Å². The highest BCUT2D eigenvalue weighted by Crippen LogP contribution is 2.20. The zero-order valence-corrected chi connectivity index (χ0v) is 14.2. The molecule has 0 bridgehead atoms. The lowest BCUT2D eigenvalue weighted by molar-refractivity contribution is 0.0740. The molecule has 7 heteroatoms. The number of anilines is 2. The molecule has 0 aliphatic carbocycles. The first kappa shape index (κ1) is 15.8. The SMILES string of the molecule is O=C(c1ccccn1)N1CCN(c2ccnc(N3CCCC3)n2)CC1. The van der Waals surface area contributed by atoms with Crippen LogP contribution in [0.25, 0.3) is 0 Å². The summed E-state index contributed by atoms with van der Waals surface area (Å²) in [5.41, 5.74) is 0.509. The number of aromatic nitrogens is 3. The lowest BCUT2D eigenvalue weighted by Gasteiger charge is -2.35. The number of piperazine rings is 1. The number of rotatable bonds is 3. The number of carbonyl (C=O) groups excluding carboxylic acids is 1. The first-order valence-corrected chi connectivity index (χ1v) is 8.84. The highest BCUT2D eigenvalue weighted by molar-refractivity contribution is 5.92. The van der Waals surface area contributed by atoms with Crippen LogP contribution >= 0.6 is 0 Å². The molecule has 2 aliphatic heterocycles. The van der Waals surface area contributed by atoms with Gasteiger partial charge >= 0.3 is 0 Å². The zero-order chi connectivity index (χ0) is 17.1. The van der Waals surface area contributed by atoms with Gasteiger partial charge in [-0.2, -0.15) is 4.98 Å². The molecule has 0 N–H and O–H groups in total. The van der Waals surface area contributed by atoms with Gasteiger partial charge in [0.2, 0.25) is 5.95 Å². The number of amides is 1. The molecule has 0 radical (unpaired) electrons. The van der Waals surface area contributed by atoms with Crippen LogP contribution in [0, 0.1) is 0 Å². The summed E-state index contributed by atoms with van der Waals surface area (Å²) in [6.45, 7) is 4.98. The van der Waals surface area contributed by atoms with Gasteiger partial charge in [0.05, 0.1) is 0 Å². The van der Waals surface area contributed by atoms with E-state index in [-0.39, 0.29) is 5.91 Å². The predicted molar refractivity (Wildman–Crippen MR) is 95.8 cm³/mol. The van der Waals surface area contributed by atoms with Crippen LogP contribution in [0.2, 0.25) is 0 Å². The topological polar surface area (TPSA) is 65.5 Å². The molecule has 2 saturated heterocycles. The fourth-order valence-electron chi connectivity index (χ4n) is 3.37. The Morgan fingerprint density at radius 2 is 1.64 bits per heavy atom. The molecule has 2 fully saturated rings. The molecule has 25 heavy (non-hydrogen) atoms. The molecular formula is C18H22N6O. The third-order valence-electron chi connectivity index (χ3n) is 4.79.